The van der Waals surface area contributed by atoms with Crippen LogP contribution < -0.4 is 5.32 Å². The van der Waals surface area contributed by atoms with E-state index in [0.29, 0.717) is 39.0 Å². The number of nitrogens with zero attached hydrogens (tertiary/aromatic N) is 4. The molecule has 136 valence electrons. The largest absolute Gasteiger partial charge is 0.308 e. The molecule has 2 heterocycles. The number of nitrogens with one attached hydrogen (secondary N) is 1. The van der Waals surface area contributed by atoms with Crippen molar-refractivity contribution >= 4 is 58.1 Å². The molecule has 3 rings (SSSR count). The number of carbonyl (C=O) groups is 1. The number of benzene rings is 1. The zero-order chi connectivity index (χ0) is 18.7. The normalized spacial score (nSPS) is 10.9. The van der Waals surface area contributed by atoms with Gasteiger partial charge in [0.05, 0.1) is 17.8 Å². The smallest absolute Gasteiger partial charge is 0.227 e. The molecule has 1 N–H and O–H groups in total. The summed E-state index contributed by atoms with van der Waals surface area (Å²) in [7, 11) is 0. The molecule has 1 amide bonds. The summed E-state index contributed by atoms with van der Waals surface area (Å²) in [6.45, 7) is 0.800. The number of hydrogen-bond donors (Lipinski definition) is 1. The summed E-state index contributed by atoms with van der Waals surface area (Å²) >= 11 is 24.0. The van der Waals surface area contributed by atoms with Crippen LogP contribution in [0.3, 0.4) is 0 Å². The summed E-state index contributed by atoms with van der Waals surface area (Å²) < 4.78 is 3.19. The molecule has 26 heavy (non-hydrogen) atoms. The minimum Gasteiger partial charge on any atom is -0.308 e. The predicted octanol–water partition coefficient (Wildman–Crippen LogP) is 4.77. The van der Waals surface area contributed by atoms with Gasteiger partial charge in [0.1, 0.15) is 5.02 Å². The topological polar surface area (TPSA) is 64.7 Å². The molecule has 1 aromatic carbocycles. The fraction of sp³-hybridized carbons (Fsp3) is 0.188. The zero-order valence-electron chi connectivity index (χ0n) is 13.3. The lowest BCUT2D eigenvalue weighted by Crippen LogP contribution is -2.15. The van der Waals surface area contributed by atoms with E-state index in [1.807, 2.05) is 6.07 Å². The predicted molar refractivity (Wildman–Crippen MR) is 103 cm³/mol. The molecule has 0 unspecified atom stereocenters. The maximum absolute atomic E-state index is 12.1. The molecule has 6 nitrogen and oxygen atoms in total. The average Bonchev–Trinajstić information content (AvgIpc) is 3.14. The molecule has 0 aliphatic carbocycles. The Hall–Kier alpha value is -1.73. The van der Waals surface area contributed by atoms with Gasteiger partial charge in [-0.2, -0.15) is 10.2 Å². The van der Waals surface area contributed by atoms with Crippen LogP contribution in [0, 0.1) is 0 Å². The van der Waals surface area contributed by atoms with Gasteiger partial charge >= 0.3 is 0 Å². The van der Waals surface area contributed by atoms with Crippen molar-refractivity contribution < 1.29 is 4.79 Å². The van der Waals surface area contributed by atoms with Crippen LogP contribution in [-0.2, 0) is 17.9 Å². The fourth-order valence-electron chi connectivity index (χ4n) is 2.26. The van der Waals surface area contributed by atoms with E-state index >= 15 is 0 Å². The van der Waals surface area contributed by atoms with Gasteiger partial charge < -0.3 is 5.32 Å². The van der Waals surface area contributed by atoms with E-state index in [1.165, 1.54) is 6.20 Å². The Morgan fingerprint density at radius 1 is 1.04 bits per heavy atom. The van der Waals surface area contributed by atoms with E-state index in [0.717, 1.165) is 5.56 Å². The molecule has 2 aromatic heterocycles. The molecule has 0 aliphatic rings. The van der Waals surface area contributed by atoms with Crippen molar-refractivity contribution in [1.29, 1.82) is 0 Å². The highest BCUT2D eigenvalue weighted by Gasteiger charge is 2.12. The summed E-state index contributed by atoms with van der Waals surface area (Å²) in [6, 6.07) is 5.22. The molecule has 10 heteroatoms. The number of carbonyl (C=O) groups excluding carboxylic acids is 1. The van der Waals surface area contributed by atoms with Crippen molar-refractivity contribution in [3.05, 3.63) is 62.4 Å². The van der Waals surface area contributed by atoms with E-state index < -0.39 is 0 Å². The van der Waals surface area contributed by atoms with Gasteiger partial charge in [-0.05, 0) is 17.7 Å². The third-order valence-corrected chi connectivity index (χ3v) is 4.55. The third kappa shape index (κ3) is 4.92. The van der Waals surface area contributed by atoms with E-state index in [2.05, 4.69) is 15.5 Å². The molecule has 0 spiro atoms. The van der Waals surface area contributed by atoms with E-state index in [9.17, 15) is 4.79 Å². The average molecular weight is 433 g/mol. The van der Waals surface area contributed by atoms with Gasteiger partial charge in [0.15, 0.2) is 5.82 Å². The second-order valence-electron chi connectivity index (χ2n) is 5.48. The van der Waals surface area contributed by atoms with Gasteiger partial charge in [-0.15, -0.1) is 0 Å². The van der Waals surface area contributed by atoms with Gasteiger partial charge in [0, 0.05) is 35.4 Å². The van der Waals surface area contributed by atoms with Gasteiger partial charge in [0.2, 0.25) is 5.91 Å². The number of anilines is 1. The van der Waals surface area contributed by atoms with Crippen LogP contribution in [0.2, 0.25) is 20.1 Å². The minimum absolute atomic E-state index is 0.213. The number of hydrogen-bond acceptors (Lipinski definition) is 3. The quantitative estimate of drug-likeness (QED) is 0.610. The first-order valence-electron chi connectivity index (χ1n) is 7.55. The first-order valence-corrected chi connectivity index (χ1v) is 9.06. The zero-order valence-corrected chi connectivity index (χ0v) is 16.3. The summed E-state index contributed by atoms with van der Waals surface area (Å²) in [5, 5.41) is 12.9. The lowest BCUT2D eigenvalue weighted by Gasteiger charge is -2.05. The van der Waals surface area contributed by atoms with Gasteiger partial charge in [-0.1, -0.05) is 52.5 Å². The number of rotatable bonds is 6. The molecule has 0 saturated carbocycles. The van der Waals surface area contributed by atoms with Crippen molar-refractivity contribution in [2.45, 2.75) is 19.5 Å². The van der Waals surface area contributed by atoms with E-state index in [1.54, 1.807) is 33.9 Å². The van der Waals surface area contributed by atoms with Gasteiger partial charge in [0.25, 0.3) is 0 Å². The van der Waals surface area contributed by atoms with E-state index in [-0.39, 0.29) is 12.3 Å². The molecule has 3 aromatic rings. The van der Waals surface area contributed by atoms with Crippen LogP contribution in [-0.4, -0.2) is 25.5 Å². The standard InChI is InChI=1S/C16H13Cl4N5O/c17-11-2-1-10(13(19)5-11)7-25-9-14(20)16(23-25)22-15(26)3-4-24-8-12(18)6-21-24/h1-2,5-6,8-9H,3-4,7H2,(H,22,23,26). The Labute approximate surface area is 169 Å². The summed E-state index contributed by atoms with van der Waals surface area (Å²) in [4.78, 5) is 12.1. The number of amides is 1. The van der Waals surface area contributed by atoms with Crippen molar-refractivity contribution in [3.8, 4) is 0 Å². The van der Waals surface area contributed by atoms with Crippen LogP contribution in [0.25, 0.3) is 0 Å². The molecule has 0 atom stereocenters. The first kappa shape index (κ1) is 19.0. The molecule has 0 aliphatic heterocycles. The van der Waals surface area contributed by atoms with Crippen LogP contribution in [0.1, 0.15) is 12.0 Å². The lowest BCUT2D eigenvalue weighted by molar-refractivity contribution is -0.116. The summed E-state index contributed by atoms with van der Waals surface area (Å²) in [5.41, 5.74) is 0.837. The molecule has 0 fully saturated rings. The van der Waals surface area contributed by atoms with Crippen LogP contribution in [0.15, 0.2) is 36.8 Å². The van der Waals surface area contributed by atoms with Crippen molar-refractivity contribution in [1.82, 2.24) is 19.6 Å². The van der Waals surface area contributed by atoms with Crippen LogP contribution in [0.4, 0.5) is 5.82 Å². The van der Waals surface area contributed by atoms with Crippen molar-refractivity contribution in [3.63, 3.8) is 0 Å². The molecular formula is C16H13Cl4N5O. The molecule has 0 radical (unpaired) electrons. The van der Waals surface area contributed by atoms with Crippen LogP contribution >= 0.6 is 46.4 Å². The Morgan fingerprint density at radius 2 is 1.85 bits per heavy atom. The Kier molecular flexibility index (Phi) is 6.09. The molecule has 0 saturated heterocycles. The minimum atomic E-state index is -0.228. The second-order valence-corrected chi connectivity index (χ2v) is 7.17. The Balaban J connectivity index is 1.61. The Bertz CT molecular complexity index is 937. The second kappa shape index (κ2) is 8.31. The highest BCUT2D eigenvalue weighted by atomic mass is 35.5. The van der Waals surface area contributed by atoms with Crippen LogP contribution in [0.5, 0.6) is 0 Å². The highest BCUT2D eigenvalue weighted by Crippen LogP contribution is 2.24. The molecular weight excluding hydrogens is 420 g/mol. The highest BCUT2D eigenvalue weighted by molar-refractivity contribution is 6.35. The summed E-state index contributed by atoms with van der Waals surface area (Å²) in [5.74, 6) is 0.0635. The number of aromatic nitrogens is 4. The number of halogens is 4. The van der Waals surface area contributed by atoms with Crippen molar-refractivity contribution in [2.24, 2.45) is 0 Å². The van der Waals surface area contributed by atoms with Crippen molar-refractivity contribution in [2.75, 3.05) is 5.32 Å². The molecule has 0 bridgehead atoms. The Morgan fingerprint density at radius 3 is 2.54 bits per heavy atom. The number of aryl methyl sites for hydroxylation is 1. The lowest BCUT2D eigenvalue weighted by atomic mass is 10.2. The summed E-state index contributed by atoms with van der Waals surface area (Å²) in [6.07, 6.45) is 4.99. The maximum atomic E-state index is 12.1. The monoisotopic (exact) mass is 431 g/mol. The maximum Gasteiger partial charge on any atom is 0.227 e. The first-order chi connectivity index (χ1) is 12.4. The fourth-order valence-corrected chi connectivity index (χ4v) is 3.08. The third-order valence-electron chi connectivity index (χ3n) is 3.49. The van der Waals surface area contributed by atoms with E-state index in [4.69, 9.17) is 46.4 Å². The van der Waals surface area contributed by atoms with Gasteiger partial charge in [-0.25, -0.2) is 0 Å². The SMILES string of the molecule is O=C(CCn1cc(Cl)cn1)Nc1nn(Cc2ccc(Cl)cc2Cl)cc1Cl. The van der Waals surface area contributed by atoms with Gasteiger partial charge in [-0.3, -0.25) is 14.2 Å².